The molecule has 1 atom stereocenters. The van der Waals surface area contributed by atoms with Crippen LogP contribution < -0.4 is 10.5 Å². The molecule has 0 aromatic heterocycles. The maximum atomic E-state index is 11.5. The smallest absolute Gasteiger partial charge is 0.261 e. The Balaban J connectivity index is 2.92. The van der Waals surface area contributed by atoms with Gasteiger partial charge in [-0.15, -0.1) is 0 Å². The number of carbonyl (C=O) groups excluding carboxylic acids is 1. The maximum absolute atomic E-state index is 11.5. The van der Waals surface area contributed by atoms with Gasteiger partial charge in [-0.2, -0.15) is 0 Å². The molecule has 18 heavy (non-hydrogen) atoms. The van der Waals surface area contributed by atoms with E-state index in [0.717, 1.165) is 12.8 Å². The third-order valence-corrected chi connectivity index (χ3v) is 3.14. The summed E-state index contributed by atoms with van der Waals surface area (Å²) in [4.78, 5) is 11.5. The average molecular weight is 290 g/mol. The molecule has 1 unspecified atom stereocenters. The van der Waals surface area contributed by atoms with Crippen molar-refractivity contribution in [3.63, 3.8) is 0 Å². The van der Waals surface area contributed by atoms with Gasteiger partial charge in [-0.3, -0.25) is 4.79 Å². The summed E-state index contributed by atoms with van der Waals surface area (Å²) < 4.78 is 5.68. The van der Waals surface area contributed by atoms with E-state index in [9.17, 15) is 4.79 Å². The minimum Gasteiger partial charge on any atom is -0.478 e. The first-order chi connectivity index (χ1) is 8.37. The highest BCUT2D eigenvalue weighted by molar-refractivity contribution is 6.34. The van der Waals surface area contributed by atoms with Crippen LogP contribution in [0.4, 0.5) is 0 Å². The van der Waals surface area contributed by atoms with E-state index >= 15 is 0 Å². The van der Waals surface area contributed by atoms with Crippen molar-refractivity contribution in [3.05, 3.63) is 28.2 Å². The first-order valence-electron chi connectivity index (χ1n) is 5.82. The van der Waals surface area contributed by atoms with Crippen LogP contribution in [-0.4, -0.2) is 11.5 Å². The van der Waals surface area contributed by atoms with E-state index in [1.165, 1.54) is 0 Å². The zero-order valence-corrected chi connectivity index (χ0v) is 12.0. The second-order valence-corrected chi connectivity index (χ2v) is 5.28. The number of halogens is 2. The molecule has 0 aliphatic carbocycles. The van der Waals surface area contributed by atoms with Gasteiger partial charge in [0.2, 0.25) is 0 Å². The predicted molar refractivity (Wildman–Crippen MR) is 74.2 cm³/mol. The van der Waals surface area contributed by atoms with Gasteiger partial charge in [-0.25, -0.2) is 0 Å². The molecule has 1 aromatic carbocycles. The largest absolute Gasteiger partial charge is 0.478 e. The summed E-state index contributed by atoms with van der Waals surface area (Å²) in [6.07, 6.45) is 2.37. The Hall–Kier alpha value is -0.930. The summed E-state index contributed by atoms with van der Waals surface area (Å²) in [5.41, 5.74) is 4.37. The second kappa shape index (κ2) is 6.30. The molecule has 5 heteroatoms. The van der Waals surface area contributed by atoms with Gasteiger partial charge in [0, 0.05) is 10.0 Å². The molecular formula is C13H17Cl2NO2. The van der Waals surface area contributed by atoms with Crippen molar-refractivity contribution in [2.24, 2.45) is 5.73 Å². The van der Waals surface area contributed by atoms with Crippen LogP contribution in [0, 0.1) is 0 Å². The van der Waals surface area contributed by atoms with E-state index in [0.29, 0.717) is 22.2 Å². The molecule has 3 nitrogen and oxygen atoms in total. The molecule has 0 spiro atoms. The van der Waals surface area contributed by atoms with Crippen LogP contribution in [-0.2, 0) is 4.79 Å². The molecule has 0 saturated heterocycles. The SMILES string of the molecule is CCCCC(C)(Oc1cc(Cl)cc(Cl)c1)C(N)=O. The van der Waals surface area contributed by atoms with Gasteiger partial charge in [0.25, 0.3) is 5.91 Å². The van der Waals surface area contributed by atoms with Crippen molar-refractivity contribution in [1.82, 2.24) is 0 Å². The first-order valence-corrected chi connectivity index (χ1v) is 6.58. The second-order valence-electron chi connectivity index (χ2n) is 4.41. The Kier molecular flexibility index (Phi) is 5.29. The monoisotopic (exact) mass is 289 g/mol. The zero-order chi connectivity index (χ0) is 13.8. The fourth-order valence-corrected chi connectivity index (χ4v) is 2.09. The lowest BCUT2D eigenvalue weighted by Gasteiger charge is -2.27. The number of amides is 1. The molecule has 0 bridgehead atoms. The van der Waals surface area contributed by atoms with Crippen molar-refractivity contribution < 1.29 is 9.53 Å². The fourth-order valence-electron chi connectivity index (χ4n) is 1.59. The van der Waals surface area contributed by atoms with Gasteiger partial charge < -0.3 is 10.5 Å². The molecule has 100 valence electrons. The number of primary amides is 1. The molecule has 2 N–H and O–H groups in total. The Morgan fingerprint density at radius 2 is 1.89 bits per heavy atom. The zero-order valence-electron chi connectivity index (χ0n) is 10.5. The number of carbonyl (C=O) groups is 1. The summed E-state index contributed by atoms with van der Waals surface area (Å²) in [6, 6.07) is 4.82. The molecule has 0 heterocycles. The van der Waals surface area contributed by atoms with Crippen LogP contribution in [0.2, 0.25) is 10.0 Å². The molecule has 0 aliphatic rings. The van der Waals surface area contributed by atoms with Crippen LogP contribution >= 0.6 is 23.2 Å². The number of ether oxygens (including phenoxy) is 1. The first kappa shape index (κ1) is 15.1. The number of unbranched alkanes of at least 4 members (excludes halogenated alkanes) is 1. The van der Waals surface area contributed by atoms with Crippen LogP contribution in [0.3, 0.4) is 0 Å². The lowest BCUT2D eigenvalue weighted by Crippen LogP contribution is -2.46. The van der Waals surface area contributed by atoms with Gasteiger partial charge in [0.05, 0.1) is 0 Å². The van der Waals surface area contributed by atoms with Crippen molar-refractivity contribution in [2.75, 3.05) is 0 Å². The van der Waals surface area contributed by atoms with Gasteiger partial charge in [0.15, 0.2) is 5.60 Å². The normalized spacial score (nSPS) is 14.0. The molecule has 1 aromatic rings. The van der Waals surface area contributed by atoms with Crippen molar-refractivity contribution >= 4 is 29.1 Å². The minimum atomic E-state index is -1.04. The number of hydrogen-bond acceptors (Lipinski definition) is 2. The molecule has 0 radical (unpaired) electrons. The number of rotatable bonds is 6. The minimum absolute atomic E-state index is 0.449. The Labute approximate surface area is 117 Å². The summed E-state index contributed by atoms with van der Waals surface area (Å²) in [6.45, 7) is 3.72. The molecule has 1 amide bonds. The number of benzene rings is 1. The fraction of sp³-hybridized carbons (Fsp3) is 0.462. The van der Waals surface area contributed by atoms with Crippen molar-refractivity contribution in [3.8, 4) is 5.75 Å². The summed E-state index contributed by atoms with van der Waals surface area (Å²) >= 11 is 11.8. The standard InChI is InChI=1S/C13H17Cl2NO2/c1-3-4-5-13(2,12(16)17)18-11-7-9(14)6-10(15)8-11/h6-8H,3-5H2,1-2H3,(H2,16,17). The molecular weight excluding hydrogens is 273 g/mol. The van der Waals surface area contributed by atoms with Gasteiger partial charge in [-0.1, -0.05) is 36.5 Å². The van der Waals surface area contributed by atoms with Crippen LogP contribution in [0.1, 0.15) is 33.1 Å². The molecule has 1 rings (SSSR count). The number of hydrogen-bond donors (Lipinski definition) is 1. The van der Waals surface area contributed by atoms with E-state index < -0.39 is 11.5 Å². The van der Waals surface area contributed by atoms with E-state index in [1.54, 1.807) is 25.1 Å². The van der Waals surface area contributed by atoms with E-state index in [-0.39, 0.29) is 0 Å². The van der Waals surface area contributed by atoms with Gasteiger partial charge in [0.1, 0.15) is 5.75 Å². The summed E-state index contributed by atoms with van der Waals surface area (Å²) in [5.74, 6) is -0.0445. The summed E-state index contributed by atoms with van der Waals surface area (Å²) in [7, 11) is 0. The van der Waals surface area contributed by atoms with Gasteiger partial charge in [-0.05, 0) is 38.0 Å². The highest BCUT2D eigenvalue weighted by Crippen LogP contribution is 2.29. The van der Waals surface area contributed by atoms with Crippen LogP contribution in [0.25, 0.3) is 0 Å². The van der Waals surface area contributed by atoms with Crippen molar-refractivity contribution in [1.29, 1.82) is 0 Å². The Bertz CT molecular complexity index is 417. The van der Waals surface area contributed by atoms with E-state index in [1.807, 2.05) is 6.92 Å². The quantitative estimate of drug-likeness (QED) is 0.866. The highest BCUT2D eigenvalue weighted by Gasteiger charge is 2.32. The predicted octanol–water partition coefficient (Wildman–Crippen LogP) is 3.81. The van der Waals surface area contributed by atoms with E-state index in [4.69, 9.17) is 33.7 Å². The topological polar surface area (TPSA) is 52.3 Å². The maximum Gasteiger partial charge on any atom is 0.261 e. The Morgan fingerprint density at radius 3 is 2.33 bits per heavy atom. The Morgan fingerprint density at radius 1 is 1.33 bits per heavy atom. The summed E-state index contributed by atoms with van der Waals surface area (Å²) in [5, 5.41) is 0.916. The van der Waals surface area contributed by atoms with Crippen molar-refractivity contribution in [2.45, 2.75) is 38.7 Å². The van der Waals surface area contributed by atoms with Gasteiger partial charge >= 0.3 is 0 Å². The lowest BCUT2D eigenvalue weighted by molar-refractivity contribution is -0.132. The van der Waals surface area contributed by atoms with Crippen LogP contribution in [0.5, 0.6) is 5.75 Å². The lowest BCUT2D eigenvalue weighted by atomic mass is 9.98. The third-order valence-electron chi connectivity index (χ3n) is 2.71. The molecule has 0 saturated carbocycles. The molecule has 0 aliphatic heterocycles. The van der Waals surface area contributed by atoms with E-state index in [2.05, 4.69) is 0 Å². The highest BCUT2D eigenvalue weighted by atomic mass is 35.5. The molecule has 0 fully saturated rings. The average Bonchev–Trinajstić information content (AvgIpc) is 2.24. The third kappa shape index (κ3) is 4.07. The van der Waals surface area contributed by atoms with Crippen LogP contribution in [0.15, 0.2) is 18.2 Å². The number of nitrogens with two attached hydrogens (primary N) is 1.